The third kappa shape index (κ3) is 19.0. The van der Waals surface area contributed by atoms with Crippen LogP contribution in [-0.2, 0) is 54.8 Å². The molecule has 25 heteroatoms. The number of carboxylic acid groups (broad SMARTS) is 1. The monoisotopic (exact) mass is 1030 g/mol. The van der Waals surface area contributed by atoms with Gasteiger partial charge in [-0.15, -0.1) is 0 Å². The number of carbonyl (C=O) groups is 7. The number of sulfonamides is 1. The maximum atomic E-state index is 13.8. The van der Waals surface area contributed by atoms with E-state index in [9.17, 15) is 42.0 Å². The predicted molar refractivity (Wildman–Crippen MR) is 264 cm³/mol. The number of methoxy groups -OCH3 is 1. The molecule has 3 aromatic rings. The molecule has 1 aliphatic heterocycles. The zero-order chi connectivity index (χ0) is 53.0. The first-order valence-corrected chi connectivity index (χ1v) is 25.2. The largest absolute Gasteiger partial charge is 0.494 e. The van der Waals surface area contributed by atoms with Crippen molar-refractivity contribution in [2.75, 3.05) is 53.0 Å². The minimum atomic E-state index is -4.35. The van der Waals surface area contributed by atoms with Gasteiger partial charge in [-0.3, -0.25) is 43.2 Å². The highest BCUT2D eigenvalue weighted by Gasteiger charge is 2.30. The van der Waals surface area contributed by atoms with Crippen LogP contribution in [0.4, 0.5) is 0 Å². The van der Waals surface area contributed by atoms with Gasteiger partial charge in [0.2, 0.25) is 27.7 Å². The zero-order valence-electron chi connectivity index (χ0n) is 41.7. The molecular formula is C47H69N11O13S. The van der Waals surface area contributed by atoms with Crippen molar-refractivity contribution in [1.29, 1.82) is 0 Å². The second-order valence-corrected chi connectivity index (χ2v) is 19.7. The van der Waals surface area contributed by atoms with Crippen LogP contribution in [0.5, 0.6) is 5.75 Å². The number of carbonyl (C=O) groups excluding carboxylic acids is 6. The number of nitrogens with two attached hydrogens (primary N) is 1. The molecule has 0 bridgehead atoms. The summed E-state index contributed by atoms with van der Waals surface area (Å²) in [7, 11) is -3.25. The topological polar surface area (TPSA) is 342 Å². The van der Waals surface area contributed by atoms with E-state index in [1.807, 2.05) is 4.68 Å². The standard InChI is InChI=1S/C47H69N11O13S/c1-29-24-33(70-23-7-10-38(59)49-20-21-50-44(65)35(13-16-40(62)71-47(3,4)5)56-43(64)34(48)12-15-39(60)61)25-30(2)41(29)72(67,68)57-36(45(66)69-6)28-54-42(63)31-11-14-37-32(26-31)27-55-58(37)22-9-19-53-46-51-17-8-18-52-46/h11,14,24-27,34-36,57H,7-10,12-13,15-23,28,48H2,1-6H3,(H,49,59)(H,50,65)(H,54,63)(H,56,64)(H,60,61)(H2,51,52,53)/t34-,35?,36-/m0/s1. The van der Waals surface area contributed by atoms with Gasteiger partial charge in [0.05, 0.1) is 36.4 Å². The van der Waals surface area contributed by atoms with Gasteiger partial charge >= 0.3 is 17.9 Å². The fourth-order valence-electron chi connectivity index (χ4n) is 7.40. The van der Waals surface area contributed by atoms with E-state index >= 15 is 0 Å². The van der Waals surface area contributed by atoms with Gasteiger partial charge in [-0.1, -0.05) is 0 Å². The molecule has 1 aromatic heterocycles. The normalized spacial score (nSPS) is 13.8. The molecule has 72 heavy (non-hydrogen) atoms. The van der Waals surface area contributed by atoms with E-state index < -0.39 is 75.9 Å². The molecule has 0 fully saturated rings. The second-order valence-electron chi connectivity index (χ2n) is 18.0. The number of rotatable bonds is 28. The van der Waals surface area contributed by atoms with E-state index in [0.29, 0.717) is 30.0 Å². The number of hydrogen-bond acceptors (Lipinski definition) is 17. The molecule has 1 unspecified atom stereocenters. The minimum Gasteiger partial charge on any atom is -0.494 e. The molecule has 0 saturated heterocycles. The highest BCUT2D eigenvalue weighted by Crippen LogP contribution is 2.26. The summed E-state index contributed by atoms with van der Waals surface area (Å²) in [6.45, 7) is 10.9. The van der Waals surface area contributed by atoms with Gasteiger partial charge in [0.1, 0.15) is 23.4 Å². The molecule has 2 aromatic carbocycles. The van der Waals surface area contributed by atoms with Gasteiger partial charge in [0.15, 0.2) is 5.96 Å². The lowest BCUT2D eigenvalue weighted by molar-refractivity contribution is -0.155. The third-order valence-corrected chi connectivity index (χ3v) is 12.6. The number of aromatic nitrogens is 2. The molecule has 4 rings (SSSR count). The molecule has 3 atom stereocenters. The molecule has 0 spiro atoms. The van der Waals surface area contributed by atoms with Gasteiger partial charge in [-0.2, -0.15) is 9.82 Å². The molecule has 0 aliphatic carbocycles. The zero-order valence-corrected chi connectivity index (χ0v) is 42.5. The van der Waals surface area contributed by atoms with Crippen LogP contribution in [0.3, 0.4) is 0 Å². The van der Waals surface area contributed by atoms with Gasteiger partial charge in [0.25, 0.3) is 5.91 Å². The Morgan fingerprint density at radius 1 is 0.903 bits per heavy atom. The van der Waals surface area contributed by atoms with Crippen LogP contribution in [0, 0.1) is 13.8 Å². The van der Waals surface area contributed by atoms with Crippen molar-refractivity contribution in [3.05, 3.63) is 53.2 Å². The second kappa shape index (κ2) is 27.7. The molecule has 2 heterocycles. The van der Waals surface area contributed by atoms with E-state index in [1.54, 1.807) is 59.0 Å². The fraction of sp³-hybridized carbons (Fsp3) is 0.553. The first-order chi connectivity index (χ1) is 34.1. The number of benzene rings is 2. The average molecular weight is 1030 g/mol. The number of nitrogens with zero attached hydrogens (tertiary/aromatic N) is 3. The first kappa shape index (κ1) is 57.7. The molecule has 396 valence electrons. The Balaban J connectivity index is 1.23. The van der Waals surface area contributed by atoms with Crippen LogP contribution in [-0.4, -0.2) is 148 Å². The lowest BCUT2D eigenvalue weighted by Gasteiger charge is -2.22. The van der Waals surface area contributed by atoms with Crippen molar-refractivity contribution in [3.8, 4) is 5.75 Å². The molecule has 0 radical (unpaired) electrons. The van der Waals surface area contributed by atoms with E-state index in [-0.39, 0.29) is 74.6 Å². The number of amides is 4. The van der Waals surface area contributed by atoms with E-state index in [0.717, 1.165) is 49.9 Å². The number of aliphatic imine (C=N–C) groups is 1. The SMILES string of the molecule is COC(=O)[C@H](CNC(=O)c1ccc2c(cnn2CCCNC2=NCCCN2)c1)NS(=O)(=O)c1c(C)cc(OCCCC(=O)NCCNC(=O)C(CCC(=O)OC(C)(C)C)NC(=O)[C@@H](N)CCC(=O)O)cc1C. The summed E-state index contributed by atoms with van der Waals surface area (Å²) in [5.74, 6) is -3.83. The van der Waals surface area contributed by atoms with Gasteiger partial charge in [0, 0.05) is 76.0 Å². The van der Waals surface area contributed by atoms with Gasteiger partial charge < -0.3 is 57.0 Å². The highest BCUT2D eigenvalue weighted by atomic mass is 32.2. The number of esters is 2. The molecule has 0 saturated carbocycles. The summed E-state index contributed by atoms with van der Waals surface area (Å²) in [6, 6.07) is 4.20. The van der Waals surface area contributed by atoms with Crippen molar-refractivity contribution < 1.29 is 61.3 Å². The minimum absolute atomic E-state index is 0.0255. The van der Waals surface area contributed by atoms with Crippen molar-refractivity contribution in [3.63, 3.8) is 0 Å². The van der Waals surface area contributed by atoms with Crippen LogP contribution in [0.2, 0.25) is 0 Å². The molecule has 4 amide bonds. The van der Waals surface area contributed by atoms with Crippen molar-refractivity contribution in [1.82, 2.24) is 46.4 Å². The van der Waals surface area contributed by atoms with Crippen molar-refractivity contribution in [2.24, 2.45) is 10.7 Å². The maximum absolute atomic E-state index is 13.8. The summed E-state index contributed by atoms with van der Waals surface area (Å²) in [5.41, 5.74) is 6.75. The first-order valence-electron chi connectivity index (χ1n) is 23.7. The summed E-state index contributed by atoms with van der Waals surface area (Å²) in [4.78, 5) is 91.8. The quantitative estimate of drug-likeness (QED) is 0.0352. The number of aliphatic carboxylic acids is 1. The summed E-state index contributed by atoms with van der Waals surface area (Å²) >= 11 is 0. The number of hydrogen-bond donors (Lipinski definition) is 9. The third-order valence-electron chi connectivity index (χ3n) is 10.9. The lowest BCUT2D eigenvalue weighted by Crippen LogP contribution is -2.52. The Bertz CT molecular complexity index is 2520. The molecule has 10 N–H and O–H groups in total. The van der Waals surface area contributed by atoms with Gasteiger partial charge in [-0.25, -0.2) is 8.42 Å². The average Bonchev–Trinajstić information content (AvgIpc) is 3.73. The van der Waals surface area contributed by atoms with Crippen molar-refractivity contribution >= 4 is 68.4 Å². The van der Waals surface area contributed by atoms with Gasteiger partial charge in [-0.05, 0) is 108 Å². The predicted octanol–water partition coefficient (Wildman–Crippen LogP) is 0.422. The van der Waals surface area contributed by atoms with Crippen LogP contribution in [0.1, 0.15) is 93.6 Å². The number of aryl methyl sites for hydroxylation is 3. The molecular weight excluding hydrogens is 959 g/mol. The Kier molecular flexibility index (Phi) is 22.2. The summed E-state index contributed by atoms with van der Waals surface area (Å²) < 4.78 is 47.7. The Hall–Kier alpha value is -6.86. The van der Waals surface area contributed by atoms with Crippen LogP contribution < -0.4 is 47.1 Å². The smallest absolute Gasteiger partial charge is 0.325 e. The number of ether oxygens (including phenoxy) is 3. The summed E-state index contributed by atoms with van der Waals surface area (Å²) in [5, 5.41) is 31.0. The van der Waals surface area contributed by atoms with E-state index in [4.69, 9.17) is 25.1 Å². The van der Waals surface area contributed by atoms with E-state index in [2.05, 4.69) is 46.7 Å². The van der Waals surface area contributed by atoms with Crippen LogP contribution in [0.15, 0.2) is 46.4 Å². The van der Waals surface area contributed by atoms with Crippen LogP contribution in [0.25, 0.3) is 10.9 Å². The van der Waals surface area contributed by atoms with E-state index in [1.165, 1.54) is 12.1 Å². The molecule has 1 aliphatic rings. The number of fused-ring (bicyclic) bond motifs is 1. The fourth-order valence-corrected chi connectivity index (χ4v) is 9.04. The van der Waals surface area contributed by atoms with Crippen molar-refractivity contribution in [2.45, 2.75) is 121 Å². The molecule has 24 nitrogen and oxygen atoms in total. The number of nitrogens with one attached hydrogen (secondary N) is 7. The van der Waals surface area contributed by atoms with Crippen LogP contribution >= 0.6 is 0 Å². The number of carboxylic acids is 1. The summed E-state index contributed by atoms with van der Waals surface area (Å²) in [6.07, 6.45) is 2.92. The Morgan fingerprint density at radius 2 is 1.62 bits per heavy atom. The maximum Gasteiger partial charge on any atom is 0.325 e. The Morgan fingerprint density at radius 3 is 2.29 bits per heavy atom. The lowest BCUT2D eigenvalue weighted by atomic mass is 10.1. The highest BCUT2D eigenvalue weighted by molar-refractivity contribution is 7.89. The Labute approximate surface area is 418 Å². The number of guanidine groups is 1.